The lowest BCUT2D eigenvalue weighted by atomic mass is 10.0. The van der Waals surface area contributed by atoms with E-state index in [2.05, 4.69) is 15.3 Å². The zero-order valence-corrected chi connectivity index (χ0v) is 16.5. The Labute approximate surface area is 170 Å². The topological polar surface area (TPSA) is 81.2 Å². The molecule has 1 N–H and O–H groups in total. The number of amides is 1. The van der Waals surface area contributed by atoms with Gasteiger partial charge in [0, 0.05) is 40.3 Å². The number of nitrogens with zero attached hydrogens (tertiary/aromatic N) is 2. The van der Waals surface area contributed by atoms with Gasteiger partial charge in [0.1, 0.15) is 11.9 Å². The molecule has 0 spiro atoms. The van der Waals surface area contributed by atoms with Crippen LogP contribution in [0.4, 0.5) is 0 Å². The van der Waals surface area contributed by atoms with E-state index in [1.165, 1.54) is 18.3 Å². The predicted molar refractivity (Wildman–Crippen MR) is 107 cm³/mol. The van der Waals surface area contributed by atoms with E-state index in [1.807, 2.05) is 6.07 Å². The molecule has 1 aliphatic rings. The molecule has 0 unspecified atom stereocenters. The molecule has 3 heterocycles. The maximum atomic E-state index is 12.3. The van der Waals surface area contributed by atoms with Gasteiger partial charge in [0.2, 0.25) is 0 Å². The normalized spacial score (nSPS) is 15.0. The average molecular weight is 414 g/mol. The van der Waals surface area contributed by atoms with Crippen LogP contribution < -0.4 is 10.1 Å². The van der Waals surface area contributed by atoms with Crippen LogP contribution in [0.1, 0.15) is 32.5 Å². The minimum atomic E-state index is -0.226. The highest BCUT2D eigenvalue weighted by molar-refractivity contribution is 7.12. The first-order valence-corrected chi connectivity index (χ1v) is 9.90. The van der Waals surface area contributed by atoms with E-state index in [0.717, 1.165) is 16.9 Å². The van der Waals surface area contributed by atoms with Gasteiger partial charge in [0.15, 0.2) is 5.78 Å². The lowest BCUT2D eigenvalue weighted by molar-refractivity contribution is 0.0934. The lowest BCUT2D eigenvalue weighted by Crippen LogP contribution is -2.34. The fraction of sp³-hybridized carbons (Fsp3) is 0.200. The number of ether oxygens (including phenoxy) is 1. The molecule has 0 aliphatic carbocycles. The van der Waals surface area contributed by atoms with Crippen LogP contribution in [0, 0.1) is 0 Å². The van der Waals surface area contributed by atoms with Gasteiger partial charge in [0.25, 0.3) is 5.91 Å². The number of aromatic nitrogens is 2. The van der Waals surface area contributed by atoms with E-state index in [9.17, 15) is 9.59 Å². The number of carbonyl (C=O) groups is 2. The molecule has 142 valence electrons. The van der Waals surface area contributed by atoms with Gasteiger partial charge in [-0.1, -0.05) is 11.6 Å². The highest BCUT2D eigenvalue weighted by Gasteiger charge is 2.27. The number of carbonyl (C=O) groups excluding carboxylic acids is 2. The average Bonchev–Trinajstić information content (AvgIpc) is 3.33. The molecule has 1 amide bonds. The number of fused-ring (bicyclic) bond motifs is 1. The summed E-state index contributed by atoms with van der Waals surface area (Å²) in [7, 11) is 0. The van der Waals surface area contributed by atoms with Gasteiger partial charge in [-0.05, 0) is 25.1 Å². The third kappa shape index (κ3) is 3.76. The first kappa shape index (κ1) is 18.6. The SMILES string of the molecule is CC(=O)c1cc(C(=O)NC[C@H]2Cc3cc(Cl)cc(-c4cnccn4)c3O2)cs1. The summed E-state index contributed by atoms with van der Waals surface area (Å²) in [5, 5.41) is 5.15. The summed E-state index contributed by atoms with van der Waals surface area (Å²) in [6.45, 7) is 1.83. The number of benzene rings is 1. The Kier molecular flexibility index (Phi) is 5.11. The second-order valence-electron chi connectivity index (χ2n) is 6.44. The van der Waals surface area contributed by atoms with Crippen molar-refractivity contribution in [3.05, 3.63) is 63.2 Å². The zero-order valence-electron chi connectivity index (χ0n) is 14.9. The first-order chi connectivity index (χ1) is 13.5. The van der Waals surface area contributed by atoms with Crippen LogP contribution in [0.15, 0.2) is 42.2 Å². The largest absolute Gasteiger partial charge is 0.487 e. The summed E-state index contributed by atoms with van der Waals surface area (Å²) in [5.74, 6) is 0.445. The van der Waals surface area contributed by atoms with Crippen molar-refractivity contribution >= 4 is 34.6 Å². The predicted octanol–water partition coefficient (Wildman–Crippen LogP) is 3.79. The van der Waals surface area contributed by atoms with Gasteiger partial charge in [-0.15, -0.1) is 11.3 Å². The molecule has 8 heteroatoms. The quantitative estimate of drug-likeness (QED) is 0.643. The maximum Gasteiger partial charge on any atom is 0.252 e. The van der Waals surface area contributed by atoms with Crippen LogP contribution in [0.3, 0.4) is 0 Å². The Balaban J connectivity index is 1.46. The molecule has 2 aromatic heterocycles. The van der Waals surface area contributed by atoms with Crippen LogP contribution >= 0.6 is 22.9 Å². The molecule has 0 bridgehead atoms. The molecule has 0 radical (unpaired) electrons. The van der Waals surface area contributed by atoms with E-state index in [-0.39, 0.29) is 17.8 Å². The fourth-order valence-corrected chi connectivity index (χ4v) is 4.12. The minimum Gasteiger partial charge on any atom is -0.487 e. The Morgan fingerprint density at radius 1 is 1.32 bits per heavy atom. The molecule has 6 nitrogen and oxygen atoms in total. The molecule has 1 aliphatic heterocycles. The van der Waals surface area contributed by atoms with E-state index in [1.54, 1.807) is 36.1 Å². The molecule has 3 aromatic rings. The molecular formula is C20H16ClN3O3S. The minimum absolute atomic E-state index is 0.0490. The van der Waals surface area contributed by atoms with Gasteiger partial charge < -0.3 is 10.1 Å². The van der Waals surface area contributed by atoms with E-state index in [0.29, 0.717) is 34.1 Å². The summed E-state index contributed by atoms with van der Waals surface area (Å²) in [5.41, 5.74) is 2.92. The number of rotatable bonds is 5. The van der Waals surface area contributed by atoms with Crippen molar-refractivity contribution in [2.24, 2.45) is 0 Å². The summed E-state index contributed by atoms with van der Waals surface area (Å²) in [6, 6.07) is 5.29. The van der Waals surface area contributed by atoms with Crippen molar-refractivity contribution in [2.45, 2.75) is 19.4 Å². The lowest BCUT2D eigenvalue weighted by Gasteiger charge is -2.13. The second kappa shape index (κ2) is 7.69. The van der Waals surface area contributed by atoms with Gasteiger partial charge >= 0.3 is 0 Å². The maximum absolute atomic E-state index is 12.3. The molecule has 28 heavy (non-hydrogen) atoms. The fourth-order valence-electron chi connectivity index (χ4n) is 3.09. The van der Waals surface area contributed by atoms with E-state index in [4.69, 9.17) is 16.3 Å². The number of Topliss-reactive ketones (excluding diaryl/α,β-unsaturated/α-hetero) is 1. The Bertz CT molecular complexity index is 1050. The van der Waals surface area contributed by atoms with Gasteiger partial charge in [-0.25, -0.2) is 0 Å². The molecule has 1 aromatic carbocycles. The van der Waals surface area contributed by atoms with E-state index < -0.39 is 0 Å². The number of thiophene rings is 1. The van der Waals surface area contributed by atoms with Crippen LogP contribution in [0.2, 0.25) is 5.02 Å². The summed E-state index contributed by atoms with van der Waals surface area (Å²) in [6.07, 6.45) is 5.30. The number of hydrogen-bond donors (Lipinski definition) is 1. The highest BCUT2D eigenvalue weighted by Crippen LogP contribution is 2.40. The first-order valence-electron chi connectivity index (χ1n) is 8.64. The van der Waals surface area contributed by atoms with Crippen molar-refractivity contribution in [1.82, 2.24) is 15.3 Å². The molecular weight excluding hydrogens is 398 g/mol. The number of hydrogen-bond acceptors (Lipinski definition) is 6. The summed E-state index contributed by atoms with van der Waals surface area (Å²) in [4.78, 5) is 32.7. The monoisotopic (exact) mass is 413 g/mol. The zero-order chi connectivity index (χ0) is 19.7. The molecule has 0 saturated carbocycles. The molecule has 0 saturated heterocycles. The van der Waals surface area contributed by atoms with Crippen LogP contribution in [0.25, 0.3) is 11.3 Å². The summed E-state index contributed by atoms with van der Waals surface area (Å²) >= 11 is 7.53. The number of nitrogens with one attached hydrogen (secondary N) is 1. The summed E-state index contributed by atoms with van der Waals surface area (Å²) < 4.78 is 6.08. The van der Waals surface area contributed by atoms with Crippen molar-refractivity contribution in [2.75, 3.05) is 6.54 Å². The van der Waals surface area contributed by atoms with Crippen molar-refractivity contribution in [3.63, 3.8) is 0 Å². The molecule has 1 atom stereocenters. The van der Waals surface area contributed by atoms with Crippen molar-refractivity contribution in [3.8, 4) is 17.0 Å². The molecule has 4 rings (SSSR count). The van der Waals surface area contributed by atoms with Crippen LogP contribution in [0.5, 0.6) is 5.75 Å². The number of ketones is 1. The smallest absolute Gasteiger partial charge is 0.252 e. The van der Waals surface area contributed by atoms with Crippen LogP contribution in [-0.2, 0) is 6.42 Å². The van der Waals surface area contributed by atoms with Crippen LogP contribution in [-0.4, -0.2) is 34.3 Å². The third-order valence-corrected chi connectivity index (χ3v) is 5.65. The van der Waals surface area contributed by atoms with Gasteiger partial charge in [0.05, 0.1) is 28.9 Å². The van der Waals surface area contributed by atoms with Gasteiger partial charge in [-0.2, -0.15) is 0 Å². The standard InChI is InChI=1S/C20H16ClN3O3S/c1-11(25)18-6-13(10-28-18)20(26)24-8-15-5-12-4-14(21)7-16(19(12)27-15)17-9-22-2-3-23-17/h2-4,6-7,9-10,15H,5,8H2,1H3,(H,24,26)/t15-/m1/s1. The Morgan fingerprint density at radius 2 is 2.18 bits per heavy atom. The van der Waals surface area contributed by atoms with Crippen molar-refractivity contribution < 1.29 is 14.3 Å². The Morgan fingerprint density at radius 3 is 2.89 bits per heavy atom. The van der Waals surface area contributed by atoms with Gasteiger partial charge in [-0.3, -0.25) is 19.6 Å². The molecule has 0 fully saturated rings. The second-order valence-corrected chi connectivity index (χ2v) is 7.79. The van der Waals surface area contributed by atoms with E-state index >= 15 is 0 Å². The number of halogens is 1. The third-order valence-electron chi connectivity index (χ3n) is 4.40. The highest BCUT2D eigenvalue weighted by atomic mass is 35.5. The Hall–Kier alpha value is -2.77. The van der Waals surface area contributed by atoms with Crippen molar-refractivity contribution in [1.29, 1.82) is 0 Å².